The third-order valence-corrected chi connectivity index (χ3v) is 3.21. The van der Waals surface area contributed by atoms with Gasteiger partial charge < -0.3 is 15.6 Å². The second-order valence-corrected chi connectivity index (χ2v) is 5.06. The number of hydrogen-bond acceptors (Lipinski definition) is 4. The van der Waals surface area contributed by atoms with Gasteiger partial charge in [0, 0.05) is 14.1 Å². The molecule has 0 aliphatic rings. The zero-order valence-electron chi connectivity index (χ0n) is 12.5. The molecular formula is C16H20N4O. The van der Waals surface area contributed by atoms with Crippen molar-refractivity contribution in [3.05, 3.63) is 53.6 Å². The average Bonchev–Trinajstić information content (AvgIpc) is 2.47. The number of carbonyl (C=O) groups excluding carboxylic acids is 1. The molecule has 2 aromatic rings. The number of hydrogen-bond donors (Lipinski definition) is 3. The molecule has 0 spiro atoms. The van der Waals surface area contributed by atoms with Crippen molar-refractivity contribution < 1.29 is 4.79 Å². The lowest BCUT2D eigenvalue weighted by Crippen LogP contribution is -2.19. The van der Waals surface area contributed by atoms with Gasteiger partial charge >= 0.3 is 0 Å². The molecule has 0 radical (unpaired) electrons. The summed E-state index contributed by atoms with van der Waals surface area (Å²) in [4.78, 5) is 14.4. The minimum Gasteiger partial charge on any atom is -0.376 e. The molecule has 5 heteroatoms. The Kier molecular flexibility index (Phi) is 4.45. The fourth-order valence-corrected chi connectivity index (χ4v) is 2.13. The predicted octanol–water partition coefficient (Wildman–Crippen LogP) is 2.60. The first kappa shape index (κ1) is 14.9. The summed E-state index contributed by atoms with van der Waals surface area (Å²) in [5.41, 5.74) is 6.38. The first-order valence-electron chi connectivity index (χ1n) is 6.68. The Morgan fingerprint density at radius 1 is 1.10 bits per heavy atom. The van der Waals surface area contributed by atoms with Crippen LogP contribution in [0.3, 0.4) is 0 Å². The van der Waals surface area contributed by atoms with Crippen molar-refractivity contribution in [3.63, 3.8) is 0 Å². The third kappa shape index (κ3) is 3.32. The lowest BCUT2D eigenvalue weighted by Gasteiger charge is -2.18. The van der Waals surface area contributed by atoms with Crippen LogP contribution in [-0.4, -0.2) is 20.0 Å². The lowest BCUT2D eigenvalue weighted by atomic mass is 10.1. The van der Waals surface area contributed by atoms with Crippen LogP contribution in [0.5, 0.6) is 0 Å². The zero-order chi connectivity index (χ0) is 15.4. The van der Waals surface area contributed by atoms with E-state index in [2.05, 4.69) is 10.7 Å². The van der Waals surface area contributed by atoms with Crippen LogP contribution in [0.15, 0.2) is 42.5 Å². The molecule has 2 aromatic carbocycles. The van der Waals surface area contributed by atoms with Gasteiger partial charge in [0.05, 0.1) is 22.6 Å². The van der Waals surface area contributed by atoms with Gasteiger partial charge in [0.1, 0.15) is 0 Å². The molecule has 21 heavy (non-hydrogen) atoms. The number of nitrogen functional groups attached to an aromatic ring is 1. The predicted molar refractivity (Wildman–Crippen MR) is 87.7 cm³/mol. The number of nitrogens with one attached hydrogen (secondary N) is 2. The van der Waals surface area contributed by atoms with Crippen molar-refractivity contribution in [2.24, 2.45) is 5.84 Å². The maximum absolute atomic E-state index is 12.5. The number of nitrogens with two attached hydrogens (primary N) is 1. The molecule has 5 nitrogen and oxygen atoms in total. The van der Waals surface area contributed by atoms with Gasteiger partial charge in [-0.1, -0.05) is 23.8 Å². The first-order chi connectivity index (χ1) is 10.0. The summed E-state index contributed by atoms with van der Waals surface area (Å²) in [6.07, 6.45) is 0. The fourth-order valence-electron chi connectivity index (χ4n) is 2.13. The fraction of sp³-hybridized carbons (Fsp3) is 0.188. The van der Waals surface area contributed by atoms with Crippen LogP contribution in [0.1, 0.15) is 15.9 Å². The number of carbonyl (C=O) groups is 1. The first-order valence-corrected chi connectivity index (χ1v) is 6.68. The van der Waals surface area contributed by atoms with Crippen molar-refractivity contribution in [2.45, 2.75) is 6.92 Å². The topological polar surface area (TPSA) is 70.4 Å². The van der Waals surface area contributed by atoms with Crippen LogP contribution >= 0.6 is 0 Å². The van der Waals surface area contributed by atoms with Crippen molar-refractivity contribution in [1.29, 1.82) is 0 Å². The molecule has 0 bridgehead atoms. The van der Waals surface area contributed by atoms with Crippen LogP contribution in [0.4, 0.5) is 17.1 Å². The van der Waals surface area contributed by atoms with E-state index in [9.17, 15) is 4.79 Å². The molecule has 0 heterocycles. The molecule has 0 aromatic heterocycles. The van der Waals surface area contributed by atoms with Crippen LogP contribution in [0.2, 0.25) is 0 Å². The Bertz CT molecular complexity index is 652. The molecule has 2 rings (SSSR count). The van der Waals surface area contributed by atoms with Gasteiger partial charge in [0.15, 0.2) is 0 Å². The summed E-state index contributed by atoms with van der Waals surface area (Å²) < 4.78 is 0. The maximum atomic E-state index is 12.5. The summed E-state index contributed by atoms with van der Waals surface area (Å²) in [7, 11) is 3.87. The molecule has 0 saturated heterocycles. The number of rotatable bonds is 4. The molecule has 0 saturated carbocycles. The van der Waals surface area contributed by atoms with Gasteiger partial charge in [0.25, 0.3) is 5.91 Å². The highest BCUT2D eigenvalue weighted by Crippen LogP contribution is 2.25. The van der Waals surface area contributed by atoms with E-state index >= 15 is 0 Å². The Morgan fingerprint density at radius 3 is 2.48 bits per heavy atom. The van der Waals surface area contributed by atoms with Crippen LogP contribution in [0, 0.1) is 6.92 Å². The average molecular weight is 284 g/mol. The highest BCUT2D eigenvalue weighted by atomic mass is 16.1. The summed E-state index contributed by atoms with van der Waals surface area (Å²) in [5.74, 6) is 5.28. The van der Waals surface area contributed by atoms with Gasteiger partial charge in [-0.15, -0.1) is 0 Å². The van der Waals surface area contributed by atoms with Gasteiger partial charge in [-0.25, -0.2) is 0 Å². The zero-order valence-corrected chi connectivity index (χ0v) is 12.5. The molecule has 0 fully saturated rings. The normalized spacial score (nSPS) is 10.1. The van der Waals surface area contributed by atoms with Crippen LogP contribution in [0.25, 0.3) is 0 Å². The van der Waals surface area contributed by atoms with Crippen molar-refractivity contribution in [3.8, 4) is 0 Å². The van der Waals surface area contributed by atoms with Crippen LogP contribution in [-0.2, 0) is 0 Å². The monoisotopic (exact) mass is 284 g/mol. The van der Waals surface area contributed by atoms with E-state index in [0.717, 1.165) is 16.9 Å². The molecule has 0 aliphatic heterocycles. The number of hydrazine groups is 1. The van der Waals surface area contributed by atoms with Gasteiger partial charge in [-0.2, -0.15) is 0 Å². The summed E-state index contributed by atoms with van der Waals surface area (Å²) >= 11 is 0. The van der Waals surface area contributed by atoms with Gasteiger partial charge in [-0.05, 0) is 31.2 Å². The Balaban J connectivity index is 2.33. The number of aryl methyl sites for hydroxylation is 1. The van der Waals surface area contributed by atoms with E-state index < -0.39 is 0 Å². The van der Waals surface area contributed by atoms with E-state index in [1.165, 1.54) is 0 Å². The van der Waals surface area contributed by atoms with E-state index in [0.29, 0.717) is 11.3 Å². The smallest absolute Gasteiger partial charge is 0.257 e. The number of anilines is 3. The van der Waals surface area contributed by atoms with E-state index in [4.69, 9.17) is 5.84 Å². The minimum absolute atomic E-state index is 0.194. The second-order valence-electron chi connectivity index (χ2n) is 5.06. The molecular weight excluding hydrogens is 264 g/mol. The standard InChI is InChI=1S/C16H20N4O/c1-11-8-9-13(19-17)12(10-11)16(21)18-14-6-4-5-7-15(14)20(2)3/h4-10,19H,17H2,1-3H3,(H,18,21). The molecule has 0 unspecified atom stereocenters. The molecule has 0 atom stereocenters. The molecule has 0 aliphatic carbocycles. The third-order valence-electron chi connectivity index (χ3n) is 3.21. The molecule has 110 valence electrons. The van der Waals surface area contributed by atoms with Crippen molar-refractivity contribution >= 4 is 23.0 Å². The number of nitrogens with zero attached hydrogens (tertiary/aromatic N) is 1. The SMILES string of the molecule is Cc1ccc(NN)c(C(=O)Nc2ccccc2N(C)C)c1. The second kappa shape index (κ2) is 6.28. The highest BCUT2D eigenvalue weighted by Gasteiger charge is 2.13. The lowest BCUT2D eigenvalue weighted by molar-refractivity contribution is 0.102. The van der Waals surface area contributed by atoms with E-state index in [1.807, 2.05) is 62.3 Å². The van der Waals surface area contributed by atoms with Crippen molar-refractivity contribution in [1.82, 2.24) is 0 Å². The quantitative estimate of drug-likeness (QED) is 0.596. The van der Waals surface area contributed by atoms with Crippen LogP contribution < -0.4 is 21.5 Å². The number of benzene rings is 2. The van der Waals surface area contributed by atoms with Gasteiger partial charge in [-0.3, -0.25) is 10.6 Å². The Hall–Kier alpha value is -2.53. The largest absolute Gasteiger partial charge is 0.376 e. The Morgan fingerprint density at radius 2 is 1.81 bits per heavy atom. The molecule has 4 N–H and O–H groups in total. The van der Waals surface area contributed by atoms with E-state index in [-0.39, 0.29) is 5.91 Å². The number of para-hydroxylation sites is 2. The Labute approximate surface area is 124 Å². The summed E-state index contributed by atoms with van der Waals surface area (Å²) in [6.45, 7) is 1.94. The number of amides is 1. The summed E-state index contributed by atoms with van der Waals surface area (Å²) in [5, 5.41) is 2.93. The van der Waals surface area contributed by atoms with Gasteiger partial charge in [0.2, 0.25) is 0 Å². The summed E-state index contributed by atoms with van der Waals surface area (Å²) in [6, 6.07) is 13.2. The minimum atomic E-state index is -0.194. The maximum Gasteiger partial charge on any atom is 0.257 e. The highest BCUT2D eigenvalue weighted by molar-refractivity contribution is 6.09. The molecule has 1 amide bonds. The van der Waals surface area contributed by atoms with E-state index in [1.54, 1.807) is 6.07 Å². The van der Waals surface area contributed by atoms with Crippen molar-refractivity contribution in [2.75, 3.05) is 29.7 Å².